The van der Waals surface area contributed by atoms with E-state index in [9.17, 15) is 4.79 Å². The Morgan fingerprint density at radius 2 is 2.47 bits per heavy atom. The van der Waals surface area contributed by atoms with Gasteiger partial charge in [0.25, 0.3) is 0 Å². The third-order valence-electron chi connectivity index (χ3n) is 3.06. The average molecular weight is 211 g/mol. The summed E-state index contributed by atoms with van der Waals surface area (Å²) in [5.74, 6) is 0.589. The van der Waals surface area contributed by atoms with Crippen molar-refractivity contribution in [3.8, 4) is 0 Å². The molecule has 0 saturated carbocycles. The lowest BCUT2D eigenvalue weighted by Gasteiger charge is -2.18. The van der Waals surface area contributed by atoms with Crippen LogP contribution in [0, 0.1) is 11.8 Å². The maximum absolute atomic E-state index is 10.9. The van der Waals surface area contributed by atoms with Gasteiger partial charge in [-0.15, -0.1) is 6.58 Å². The van der Waals surface area contributed by atoms with Gasteiger partial charge in [0, 0.05) is 38.4 Å². The monoisotopic (exact) mass is 211 g/mol. The maximum atomic E-state index is 10.9. The first-order chi connectivity index (χ1) is 7.20. The Kier molecular flexibility index (Phi) is 3.07. The van der Waals surface area contributed by atoms with Gasteiger partial charge in [-0.1, -0.05) is 6.08 Å². The largest absolute Gasteiger partial charge is 0.436 e. The quantitative estimate of drug-likeness (QED) is 0.507. The number of nitrogens with zero attached hydrogens (tertiary/aromatic N) is 1. The van der Waals surface area contributed by atoms with Crippen LogP contribution in [-0.2, 0) is 14.3 Å². The van der Waals surface area contributed by atoms with E-state index in [2.05, 4.69) is 11.5 Å². The van der Waals surface area contributed by atoms with Crippen LogP contribution in [0.4, 0.5) is 0 Å². The van der Waals surface area contributed by atoms with Crippen molar-refractivity contribution < 1.29 is 14.3 Å². The van der Waals surface area contributed by atoms with E-state index in [-0.39, 0.29) is 12.3 Å². The van der Waals surface area contributed by atoms with Gasteiger partial charge in [-0.25, -0.2) is 0 Å². The van der Waals surface area contributed by atoms with Gasteiger partial charge in [-0.2, -0.15) is 0 Å². The molecule has 2 aliphatic heterocycles. The van der Waals surface area contributed by atoms with E-state index in [0.29, 0.717) is 18.4 Å². The number of fused-ring (bicyclic) bond motifs is 1. The molecule has 0 N–H and O–H groups in total. The molecule has 0 bridgehead atoms. The summed E-state index contributed by atoms with van der Waals surface area (Å²) < 4.78 is 10.6. The van der Waals surface area contributed by atoms with Gasteiger partial charge in [0.05, 0.1) is 6.61 Å². The lowest BCUT2D eigenvalue weighted by molar-refractivity contribution is -0.173. The Morgan fingerprint density at radius 3 is 3.13 bits per heavy atom. The SMILES string of the molecule is C=CCN1CC2COC(OC(C)=O)C2C1. The van der Waals surface area contributed by atoms with Crippen LogP contribution in [0.25, 0.3) is 0 Å². The lowest BCUT2D eigenvalue weighted by atomic mass is 9.99. The van der Waals surface area contributed by atoms with E-state index in [1.165, 1.54) is 6.92 Å². The van der Waals surface area contributed by atoms with Crippen molar-refractivity contribution in [2.24, 2.45) is 11.8 Å². The summed E-state index contributed by atoms with van der Waals surface area (Å²) in [6.07, 6.45) is 1.57. The van der Waals surface area contributed by atoms with Crippen LogP contribution in [-0.4, -0.2) is 43.4 Å². The number of carbonyl (C=O) groups is 1. The van der Waals surface area contributed by atoms with Gasteiger partial charge < -0.3 is 9.47 Å². The molecule has 0 radical (unpaired) electrons. The first kappa shape index (κ1) is 10.6. The maximum Gasteiger partial charge on any atom is 0.304 e. The van der Waals surface area contributed by atoms with Gasteiger partial charge in [-0.3, -0.25) is 9.69 Å². The Labute approximate surface area is 89.8 Å². The van der Waals surface area contributed by atoms with E-state index in [1.807, 2.05) is 6.08 Å². The van der Waals surface area contributed by atoms with Crippen LogP contribution in [0.2, 0.25) is 0 Å². The Balaban J connectivity index is 1.92. The second-order valence-corrected chi connectivity index (χ2v) is 4.24. The predicted octanol–water partition coefficient (Wildman–Crippen LogP) is 0.640. The minimum Gasteiger partial charge on any atom is -0.436 e. The molecule has 2 fully saturated rings. The fraction of sp³-hybridized carbons (Fsp3) is 0.727. The van der Waals surface area contributed by atoms with Crippen LogP contribution in [0.1, 0.15) is 6.92 Å². The molecule has 0 amide bonds. The number of likely N-dealkylation sites (tertiary alicyclic amines) is 1. The number of hydrogen-bond donors (Lipinski definition) is 0. The van der Waals surface area contributed by atoms with E-state index < -0.39 is 0 Å². The van der Waals surface area contributed by atoms with Gasteiger partial charge >= 0.3 is 5.97 Å². The first-order valence-electron chi connectivity index (χ1n) is 5.32. The van der Waals surface area contributed by atoms with Gasteiger partial charge in [-0.05, 0) is 0 Å². The van der Waals surface area contributed by atoms with Gasteiger partial charge in [0.15, 0.2) is 0 Å². The predicted molar refractivity (Wildman–Crippen MR) is 55.1 cm³/mol. The topological polar surface area (TPSA) is 38.8 Å². The molecule has 3 unspecified atom stereocenters. The molecular weight excluding hydrogens is 194 g/mol. The molecule has 0 aromatic rings. The molecule has 84 valence electrons. The molecule has 2 aliphatic rings. The molecule has 0 aromatic heterocycles. The highest BCUT2D eigenvalue weighted by atomic mass is 16.7. The van der Waals surface area contributed by atoms with E-state index in [1.54, 1.807) is 0 Å². The highest BCUT2D eigenvalue weighted by Crippen LogP contribution is 2.34. The Bertz CT molecular complexity index is 267. The highest BCUT2D eigenvalue weighted by molar-refractivity contribution is 5.66. The fourth-order valence-electron chi connectivity index (χ4n) is 2.43. The first-order valence-corrected chi connectivity index (χ1v) is 5.32. The zero-order valence-electron chi connectivity index (χ0n) is 9.02. The van der Waals surface area contributed by atoms with Gasteiger partial charge in [0.2, 0.25) is 6.29 Å². The fourth-order valence-corrected chi connectivity index (χ4v) is 2.43. The summed E-state index contributed by atoms with van der Waals surface area (Å²) >= 11 is 0. The van der Waals surface area contributed by atoms with E-state index in [0.717, 1.165) is 19.6 Å². The summed E-state index contributed by atoms with van der Waals surface area (Å²) in [4.78, 5) is 13.2. The third kappa shape index (κ3) is 2.21. The van der Waals surface area contributed by atoms with Crippen molar-refractivity contribution >= 4 is 5.97 Å². The molecule has 4 heteroatoms. The standard InChI is InChI=1S/C11H17NO3/c1-3-4-12-5-9-7-14-11(10(9)6-12)15-8(2)13/h3,9-11H,1,4-7H2,2H3. The minimum absolute atomic E-state index is 0.261. The van der Waals surface area contributed by atoms with Crippen LogP contribution >= 0.6 is 0 Å². The van der Waals surface area contributed by atoms with Crippen molar-refractivity contribution in [3.63, 3.8) is 0 Å². The molecule has 0 aliphatic carbocycles. The van der Waals surface area contributed by atoms with Crippen LogP contribution in [0.15, 0.2) is 12.7 Å². The van der Waals surface area contributed by atoms with E-state index >= 15 is 0 Å². The van der Waals surface area contributed by atoms with Crippen molar-refractivity contribution in [3.05, 3.63) is 12.7 Å². The summed E-state index contributed by atoms with van der Waals surface area (Å²) in [5.41, 5.74) is 0. The summed E-state index contributed by atoms with van der Waals surface area (Å²) in [6.45, 7) is 8.72. The van der Waals surface area contributed by atoms with E-state index in [4.69, 9.17) is 9.47 Å². The van der Waals surface area contributed by atoms with Crippen molar-refractivity contribution in [2.45, 2.75) is 13.2 Å². The molecule has 15 heavy (non-hydrogen) atoms. The number of esters is 1. The number of ether oxygens (including phenoxy) is 2. The molecule has 3 atom stereocenters. The van der Waals surface area contributed by atoms with Crippen molar-refractivity contribution in [2.75, 3.05) is 26.2 Å². The molecule has 2 rings (SSSR count). The molecule has 2 heterocycles. The second-order valence-electron chi connectivity index (χ2n) is 4.24. The van der Waals surface area contributed by atoms with Crippen LogP contribution in [0.5, 0.6) is 0 Å². The number of rotatable bonds is 3. The molecular formula is C11H17NO3. The third-order valence-corrected chi connectivity index (χ3v) is 3.06. The van der Waals surface area contributed by atoms with Crippen molar-refractivity contribution in [1.29, 1.82) is 0 Å². The Morgan fingerprint density at radius 1 is 1.67 bits per heavy atom. The molecule has 4 nitrogen and oxygen atoms in total. The number of carbonyl (C=O) groups excluding carboxylic acids is 1. The molecule has 0 aromatic carbocycles. The smallest absolute Gasteiger partial charge is 0.304 e. The summed E-state index contributed by atoms with van der Waals surface area (Å²) in [6, 6.07) is 0. The Hall–Kier alpha value is -0.870. The average Bonchev–Trinajstić information content (AvgIpc) is 2.68. The summed E-state index contributed by atoms with van der Waals surface area (Å²) in [5, 5.41) is 0. The van der Waals surface area contributed by atoms with Crippen LogP contribution < -0.4 is 0 Å². The van der Waals surface area contributed by atoms with Crippen molar-refractivity contribution in [1.82, 2.24) is 4.90 Å². The minimum atomic E-state index is -0.331. The number of hydrogen-bond acceptors (Lipinski definition) is 4. The zero-order valence-corrected chi connectivity index (χ0v) is 9.02. The van der Waals surface area contributed by atoms with Gasteiger partial charge in [0.1, 0.15) is 0 Å². The second kappa shape index (κ2) is 4.33. The lowest BCUT2D eigenvalue weighted by Crippen LogP contribution is -2.28. The normalized spacial score (nSPS) is 35.1. The molecule has 2 saturated heterocycles. The molecule has 0 spiro atoms. The zero-order chi connectivity index (χ0) is 10.8. The van der Waals surface area contributed by atoms with Crippen LogP contribution in [0.3, 0.4) is 0 Å². The highest BCUT2D eigenvalue weighted by Gasteiger charge is 2.45. The summed E-state index contributed by atoms with van der Waals surface area (Å²) in [7, 11) is 0.